The zero-order valence-electron chi connectivity index (χ0n) is 12.4. The molecule has 24 heavy (non-hydrogen) atoms. The smallest absolute Gasteiger partial charge is 0.329 e. The predicted octanol–water partition coefficient (Wildman–Crippen LogP) is 2.14. The van der Waals surface area contributed by atoms with Crippen LogP contribution >= 0.6 is 34.8 Å². The van der Waals surface area contributed by atoms with Gasteiger partial charge >= 0.3 is 11.8 Å². The number of amides is 2. The molecule has 0 atom stereocenters. The second kappa shape index (κ2) is 7.65. The molecule has 0 aliphatic rings. The molecule has 1 aromatic heterocycles. The van der Waals surface area contributed by atoms with Gasteiger partial charge in [0.05, 0.1) is 24.0 Å². The molecule has 0 aliphatic heterocycles. The second-order valence-electron chi connectivity index (χ2n) is 4.75. The summed E-state index contributed by atoms with van der Waals surface area (Å²) in [5.41, 5.74) is 8.65. The normalized spacial score (nSPS) is 11.0. The Balaban J connectivity index is 2.21. The van der Waals surface area contributed by atoms with E-state index < -0.39 is 11.8 Å². The molecule has 0 saturated carbocycles. The molecule has 10 heteroatoms. The summed E-state index contributed by atoms with van der Waals surface area (Å²) in [4.78, 5) is 21.6. The Hall–Kier alpha value is -2.09. The molecule has 0 aliphatic carbocycles. The Bertz CT molecular complexity index is 832. The van der Waals surface area contributed by atoms with Gasteiger partial charge in [0.25, 0.3) is 0 Å². The summed E-state index contributed by atoms with van der Waals surface area (Å²) in [6.45, 7) is 2.06. The van der Waals surface area contributed by atoms with E-state index in [0.717, 1.165) is 5.56 Å². The standard InChI is InChI=1S/C14H12Cl3N5O2/c1-7-10(5-19-20-14(24)13(18)23)12(17)22(21-7)6-8-2-3-9(15)4-11(8)16/h2-5H,6H2,1H3,(H2,18,23)(H,20,24)/b19-5-. The minimum absolute atomic E-state index is 0.301. The highest BCUT2D eigenvalue weighted by atomic mass is 35.5. The third kappa shape index (κ3) is 4.25. The molecular formula is C14H12Cl3N5O2. The van der Waals surface area contributed by atoms with Crippen molar-refractivity contribution in [3.05, 3.63) is 50.2 Å². The van der Waals surface area contributed by atoms with Crippen molar-refractivity contribution in [1.29, 1.82) is 0 Å². The van der Waals surface area contributed by atoms with Gasteiger partial charge in [0.1, 0.15) is 5.15 Å². The Morgan fingerprint density at radius 2 is 2.08 bits per heavy atom. The van der Waals surface area contributed by atoms with Gasteiger partial charge in [0.2, 0.25) is 0 Å². The van der Waals surface area contributed by atoms with Crippen molar-refractivity contribution in [2.75, 3.05) is 0 Å². The number of halogens is 3. The van der Waals surface area contributed by atoms with E-state index in [9.17, 15) is 9.59 Å². The number of carbonyl (C=O) groups excluding carboxylic acids is 2. The lowest BCUT2D eigenvalue weighted by atomic mass is 10.2. The van der Waals surface area contributed by atoms with Crippen molar-refractivity contribution >= 4 is 52.8 Å². The lowest BCUT2D eigenvalue weighted by molar-refractivity contribution is -0.137. The molecule has 0 fully saturated rings. The maximum absolute atomic E-state index is 11.0. The minimum atomic E-state index is -1.14. The van der Waals surface area contributed by atoms with Crippen LogP contribution in [-0.2, 0) is 16.1 Å². The number of nitrogens with one attached hydrogen (secondary N) is 1. The maximum Gasteiger partial charge on any atom is 0.329 e. The van der Waals surface area contributed by atoms with E-state index in [1.54, 1.807) is 25.1 Å². The second-order valence-corrected chi connectivity index (χ2v) is 5.95. The average molecular weight is 389 g/mol. The van der Waals surface area contributed by atoms with Crippen molar-refractivity contribution < 1.29 is 9.59 Å². The van der Waals surface area contributed by atoms with Crippen molar-refractivity contribution in [1.82, 2.24) is 15.2 Å². The Morgan fingerprint density at radius 3 is 2.71 bits per heavy atom. The monoisotopic (exact) mass is 387 g/mol. The van der Waals surface area contributed by atoms with Crippen molar-refractivity contribution in [3.63, 3.8) is 0 Å². The zero-order valence-corrected chi connectivity index (χ0v) is 14.7. The zero-order chi connectivity index (χ0) is 17.9. The molecular weight excluding hydrogens is 377 g/mol. The quantitative estimate of drug-likeness (QED) is 0.476. The number of nitrogens with zero attached hydrogens (tertiary/aromatic N) is 3. The molecule has 0 bridgehead atoms. The molecule has 1 heterocycles. The van der Waals surface area contributed by atoms with E-state index in [2.05, 4.69) is 10.2 Å². The fourth-order valence-corrected chi connectivity index (χ4v) is 2.59. The average Bonchev–Trinajstić information content (AvgIpc) is 2.77. The Morgan fingerprint density at radius 1 is 1.38 bits per heavy atom. The number of aromatic nitrogens is 2. The third-order valence-electron chi connectivity index (χ3n) is 3.03. The van der Waals surface area contributed by atoms with E-state index in [1.165, 1.54) is 10.9 Å². The van der Waals surface area contributed by atoms with Crippen molar-refractivity contribution in [2.45, 2.75) is 13.5 Å². The number of hydrogen-bond acceptors (Lipinski definition) is 4. The fourth-order valence-electron chi connectivity index (χ4n) is 1.84. The highest BCUT2D eigenvalue weighted by Gasteiger charge is 2.14. The van der Waals surface area contributed by atoms with E-state index in [-0.39, 0.29) is 0 Å². The summed E-state index contributed by atoms with van der Waals surface area (Å²) in [5, 5.41) is 9.26. The lowest BCUT2D eigenvalue weighted by Gasteiger charge is -2.06. The van der Waals surface area contributed by atoms with E-state index in [1.807, 2.05) is 5.43 Å². The van der Waals surface area contributed by atoms with Crippen molar-refractivity contribution in [2.24, 2.45) is 10.8 Å². The van der Waals surface area contributed by atoms with Gasteiger partial charge in [0.15, 0.2) is 0 Å². The number of carbonyl (C=O) groups is 2. The van der Waals surface area contributed by atoms with Crippen LogP contribution in [0.25, 0.3) is 0 Å². The van der Waals surface area contributed by atoms with Crippen LogP contribution in [0.1, 0.15) is 16.8 Å². The summed E-state index contributed by atoms with van der Waals surface area (Å²) in [6.07, 6.45) is 1.28. The number of benzene rings is 1. The van der Waals surface area contributed by atoms with Crippen LogP contribution in [0.4, 0.5) is 0 Å². The Labute approximate surface area is 152 Å². The van der Waals surface area contributed by atoms with Crippen LogP contribution in [0.5, 0.6) is 0 Å². The summed E-state index contributed by atoms with van der Waals surface area (Å²) < 4.78 is 1.53. The third-order valence-corrected chi connectivity index (χ3v) is 4.01. The van der Waals surface area contributed by atoms with Crippen LogP contribution in [0, 0.1) is 6.92 Å². The SMILES string of the molecule is Cc1nn(Cc2ccc(Cl)cc2Cl)c(Cl)c1/C=N\NC(=O)C(N)=O. The number of aryl methyl sites for hydroxylation is 1. The van der Waals surface area contributed by atoms with Gasteiger partial charge in [-0.25, -0.2) is 10.1 Å². The van der Waals surface area contributed by atoms with Gasteiger partial charge in [0, 0.05) is 10.0 Å². The van der Waals surface area contributed by atoms with Crippen LogP contribution in [0.2, 0.25) is 15.2 Å². The minimum Gasteiger partial charge on any atom is -0.361 e. The molecule has 126 valence electrons. The topological polar surface area (TPSA) is 102 Å². The van der Waals surface area contributed by atoms with Crippen LogP contribution in [-0.4, -0.2) is 27.8 Å². The molecule has 3 N–H and O–H groups in total. The van der Waals surface area contributed by atoms with E-state index in [4.69, 9.17) is 40.5 Å². The summed E-state index contributed by atoms with van der Waals surface area (Å²) in [6, 6.07) is 5.12. The van der Waals surface area contributed by atoms with Crippen molar-refractivity contribution in [3.8, 4) is 0 Å². The van der Waals surface area contributed by atoms with Crippen LogP contribution in [0.3, 0.4) is 0 Å². The highest BCUT2D eigenvalue weighted by Crippen LogP contribution is 2.24. The van der Waals surface area contributed by atoms with Gasteiger partial charge < -0.3 is 5.73 Å². The first-order valence-corrected chi connectivity index (χ1v) is 7.72. The molecule has 2 rings (SSSR count). The lowest BCUT2D eigenvalue weighted by Crippen LogP contribution is -2.32. The molecule has 2 amide bonds. The van der Waals surface area contributed by atoms with Gasteiger partial charge in [-0.2, -0.15) is 10.2 Å². The first kappa shape index (κ1) is 18.3. The van der Waals surface area contributed by atoms with E-state index >= 15 is 0 Å². The maximum atomic E-state index is 11.0. The molecule has 1 aromatic carbocycles. The summed E-state index contributed by atoms with van der Waals surface area (Å²) in [7, 11) is 0. The number of hydrazone groups is 1. The van der Waals surface area contributed by atoms with Crippen LogP contribution < -0.4 is 11.2 Å². The Kier molecular flexibility index (Phi) is 5.82. The number of primary amides is 1. The molecule has 7 nitrogen and oxygen atoms in total. The van der Waals surface area contributed by atoms with Gasteiger partial charge in [-0.15, -0.1) is 0 Å². The van der Waals surface area contributed by atoms with Gasteiger partial charge in [-0.05, 0) is 24.6 Å². The van der Waals surface area contributed by atoms with E-state index in [0.29, 0.717) is 33.0 Å². The number of hydrogen-bond donors (Lipinski definition) is 2. The number of rotatable bonds is 4. The molecule has 0 unspecified atom stereocenters. The number of nitrogens with two attached hydrogens (primary N) is 1. The molecule has 2 aromatic rings. The van der Waals surface area contributed by atoms with Gasteiger partial charge in [-0.1, -0.05) is 40.9 Å². The fraction of sp³-hybridized carbons (Fsp3) is 0.143. The summed E-state index contributed by atoms with van der Waals surface area (Å²) in [5.74, 6) is -2.16. The largest absolute Gasteiger partial charge is 0.361 e. The highest BCUT2D eigenvalue weighted by molar-refractivity contribution is 6.35. The van der Waals surface area contributed by atoms with Crippen LogP contribution in [0.15, 0.2) is 23.3 Å². The van der Waals surface area contributed by atoms with Gasteiger partial charge in [-0.3, -0.25) is 9.59 Å². The molecule has 0 spiro atoms. The molecule has 0 radical (unpaired) electrons. The first-order valence-electron chi connectivity index (χ1n) is 6.59. The molecule has 0 saturated heterocycles. The summed E-state index contributed by atoms with van der Waals surface area (Å²) >= 11 is 18.3. The first-order chi connectivity index (χ1) is 11.3. The predicted molar refractivity (Wildman–Crippen MR) is 92.5 cm³/mol.